The average Bonchev–Trinajstić information content (AvgIpc) is 2.64. The van der Waals surface area contributed by atoms with Gasteiger partial charge < -0.3 is 10.6 Å². The lowest BCUT2D eigenvalue weighted by Gasteiger charge is -2.26. The van der Waals surface area contributed by atoms with Crippen molar-refractivity contribution in [3.05, 3.63) is 16.6 Å². The van der Waals surface area contributed by atoms with Crippen LogP contribution < -0.4 is 10.6 Å². The Morgan fingerprint density at radius 2 is 2.53 bits per heavy atom. The van der Waals surface area contributed by atoms with Crippen molar-refractivity contribution in [2.75, 3.05) is 19.6 Å². The Morgan fingerprint density at radius 3 is 3.13 bits per heavy atom. The molecule has 0 aromatic carbocycles. The fraction of sp³-hybridized carbons (Fsp3) is 0.600. The van der Waals surface area contributed by atoms with E-state index in [0.717, 1.165) is 24.5 Å². The van der Waals surface area contributed by atoms with Crippen molar-refractivity contribution in [2.24, 2.45) is 5.92 Å². The van der Waals surface area contributed by atoms with Crippen LogP contribution in [0.3, 0.4) is 0 Å². The van der Waals surface area contributed by atoms with Crippen molar-refractivity contribution in [3.8, 4) is 0 Å². The summed E-state index contributed by atoms with van der Waals surface area (Å²) < 4.78 is 0. The van der Waals surface area contributed by atoms with Gasteiger partial charge >= 0.3 is 0 Å². The number of aromatic nitrogens is 1. The third-order valence-corrected chi connectivity index (χ3v) is 3.32. The predicted octanol–water partition coefficient (Wildman–Crippen LogP) is 0.411. The molecular formula is C10H15N3OS. The van der Waals surface area contributed by atoms with Crippen molar-refractivity contribution in [3.63, 3.8) is 0 Å². The van der Waals surface area contributed by atoms with E-state index in [1.54, 1.807) is 17.5 Å². The summed E-state index contributed by atoms with van der Waals surface area (Å²) in [7, 11) is 0. The fourth-order valence-corrected chi connectivity index (χ4v) is 2.13. The van der Waals surface area contributed by atoms with Crippen LogP contribution in [0.15, 0.2) is 11.6 Å². The van der Waals surface area contributed by atoms with Crippen LogP contribution in [0.2, 0.25) is 0 Å². The molecule has 2 N–H and O–H groups in total. The third-order valence-electron chi connectivity index (χ3n) is 2.48. The highest BCUT2D eigenvalue weighted by Gasteiger charge is 2.19. The number of carbonyl (C=O) groups is 1. The van der Waals surface area contributed by atoms with Gasteiger partial charge in [0, 0.05) is 31.0 Å². The molecule has 1 fully saturated rings. The second-order valence-electron chi connectivity index (χ2n) is 3.75. The first-order chi connectivity index (χ1) is 7.34. The molecule has 4 nitrogen and oxygen atoms in total. The summed E-state index contributed by atoms with van der Waals surface area (Å²) >= 11 is 1.63. The number of nitrogens with one attached hydrogen (secondary N) is 2. The lowest BCUT2D eigenvalue weighted by atomic mass is 9.99. The first kappa shape index (κ1) is 10.6. The Labute approximate surface area is 93.1 Å². The Bertz CT molecular complexity index is 308. The van der Waals surface area contributed by atoms with Gasteiger partial charge in [-0.05, 0) is 19.0 Å². The van der Waals surface area contributed by atoms with Crippen LogP contribution in [0.5, 0.6) is 0 Å². The van der Waals surface area contributed by atoms with E-state index in [1.165, 1.54) is 0 Å². The molecule has 0 bridgehead atoms. The first-order valence-electron chi connectivity index (χ1n) is 5.20. The van der Waals surface area contributed by atoms with E-state index >= 15 is 0 Å². The zero-order valence-electron chi connectivity index (χ0n) is 8.53. The minimum absolute atomic E-state index is 0.165. The van der Waals surface area contributed by atoms with E-state index in [1.807, 2.05) is 5.38 Å². The molecule has 0 radical (unpaired) electrons. The summed E-state index contributed by atoms with van der Waals surface area (Å²) in [5.74, 6) is 0.711. The van der Waals surface area contributed by atoms with Crippen LogP contribution in [-0.4, -0.2) is 30.5 Å². The molecule has 1 aliphatic heterocycles. The maximum atomic E-state index is 11.4. The SMILES string of the molecule is O=C(CC1CNC1)NCCc1nccs1. The topological polar surface area (TPSA) is 54.0 Å². The number of nitrogens with zero attached hydrogens (tertiary/aromatic N) is 1. The highest BCUT2D eigenvalue weighted by molar-refractivity contribution is 7.09. The second-order valence-corrected chi connectivity index (χ2v) is 4.73. The summed E-state index contributed by atoms with van der Waals surface area (Å²) in [5.41, 5.74) is 0. The second kappa shape index (κ2) is 5.23. The van der Waals surface area contributed by atoms with Gasteiger partial charge in [-0.3, -0.25) is 4.79 Å². The van der Waals surface area contributed by atoms with Crippen LogP contribution in [0, 0.1) is 5.92 Å². The summed E-state index contributed by atoms with van der Waals surface area (Å²) in [5, 5.41) is 9.12. The minimum atomic E-state index is 0.165. The van der Waals surface area contributed by atoms with Crippen molar-refractivity contribution < 1.29 is 4.79 Å². The third kappa shape index (κ3) is 3.28. The van der Waals surface area contributed by atoms with Crippen LogP contribution >= 0.6 is 11.3 Å². The molecule has 1 aliphatic rings. The quantitative estimate of drug-likeness (QED) is 0.763. The monoisotopic (exact) mass is 225 g/mol. The smallest absolute Gasteiger partial charge is 0.220 e. The molecule has 0 atom stereocenters. The van der Waals surface area contributed by atoms with Gasteiger partial charge in [0.05, 0.1) is 5.01 Å². The molecule has 1 saturated heterocycles. The number of hydrogen-bond acceptors (Lipinski definition) is 4. The molecule has 2 heterocycles. The van der Waals surface area contributed by atoms with Gasteiger partial charge in [0.1, 0.15) is 0 Å². The lowest BCUT2D eigenvalue weighted by Crippen LogP contribution is -2.44. The molecule has 15 heavy (non-hydrogen) atoms. The van der Waals surface area contributed by atoms with Crippen molar-refractivity contribution in [1.82, 2.24) is 15.6 Å². The molecule has 0 unspecified atom stereocenters. The average molecular weight is 225 g/mol. The molecule has 1 amide bonds. The Balaban J connectivity index is 1.58. The number of hydrogen-bond donors (Lipinski definition) is 2. The number of rotatable bonds is 5. The number of amides is 1. The van der Waals surface area contributed by atoms with E-state index in [2.05, 4.69) is 15.6 Å². The maximum absolute atomic E-state index is 11.4. The molecule has 0 spiro atoms. The summed E-state index contributed by atoms with van der Waals surface area (Å²) in [6.07, 6.45) is 3.29. The number of thiazole rings is 1. The lowest BCUT2D eigenvalue weighted by molar-refractivity contribution is -0.122. The molecule has 1 aromatic heterocycles. The van der Waals surface area contributed by atoms with Gasteiger partial charge in [-0.15, -0.1) is 11.3 Å². The van der Waals surface area contributed by atoms with Crippen molar-refractivity contribution in [1.29, 1.82) is 0 Å². The Morgan fingerprint density at radius 1 is 1.67 bits per heavy atom. The molecule has 82 valence electrons. The van der Waals surface area contributed by atoms with E-state index < -0.39 is 0 Å². The Hall–Kier alpha value is -0.940. The van der Waals surface area contributed by atoms with Gasteiger partial charge in [0.15, 0.2) is 0 Å². The highest BCUT2D eigenvalue weighted by atomic mass is 32.1. The number of carbonyl (C=O) groups excluding carboxylic acids is 1. The summed E-state index contributed by atoms with van der Waals surface area (Å²) in [4.78, 5) is 15.6. The fourth-order valence-electron chi connectivity index (χ4n) is 1.51. The van der Waals surface area contributed by atoms with Crippen molar-refractivity contribution in [2.45, 2.75) is 12.8 Å². The predicted molar refractivity (Wildman–Crippen MR) is 59.8 cm³/mol. The molecule has 5 heteroatoms. The normalized spacial score (nSPS) is 16.0. The molecule has 0 aliphatic carbocycles. The molecule has 2 rings (SSSR count). The Kier molecular flexibility index (Phi) is 3.69. The standard InChI is InChI=1S/C10H15N3OS/c14-9(5-8-6-11-7-8)12-2-1-10-13-3-4-15-10/h3-4,8,11H,1-2,5-7H2,(H,12,14). The van der Waals surface area contributed by atoms with Crippen LogP contribution in [0.25, 0.3) is 0 Å². The zero-order chi connectivity index (χ0) is 10.5. The largest absolute Gasteiger partial charge is 0.356 e. The first-order valence-corrected chi connectivity index (χ1v) is 6.08. The van der Waals surface area contributed by atoms with E-state index in [9.17, 15) is 4.79 Å². The zero-order valence-corrected chi connectivity index (χ0v) is 9.35. The maximum Gasteiger partial charge on any atom is 0.220 e. The van der Waals surface area contributed by atoms with Gasteiger partial charge in [-0.2, -0.15) is 0 Å². The summed E-state index contributed by atoms with van der Waals surface area (Å²) in [6, 6.07) is 0. The van der Waals surface area contributed by atoms with Crippen LogP contribution in [0.1, 0.15) is 11.4 Å². The van der Waals surface area contributed by atoms with E-state index in [0.29, 0.717) is 18.9 Å². The van der Waals surface area contributed by atoms with Crippen LogP contribution in [0.4, 0.5) is 0 Å². The van der Waals surface area contributed by atoms with Gasteiger partial charge in [0.2, 0.25) is 5.91 Å². The van der Waals surface area contributed by atoms with Gasteiger partial charge in [-0.1, -0.05) is 0 Å². The van der Waals surface area contributed by atoms with E-state index in [-0.39, 0.29) is 5.91 Å². The minimum Gasteiger partial charge on any atom is -0.356 e. The van der Waals surface area contributed by atoms with Gasteiger partial charge in [0.25, 0.3) is 0 Å². The molecule has 1 aromatic rings. The van der Waals surface area contributed by atoms with E-state index in [4.69, 9.17) is 0 Å². The van der Waals surface area contributed by atoms with Crippen LogP contribution in [-0.2, 0) is 11.2 Å². The highest BCUT2D eigenvalue weighted by Crippen LogP contribution is 2.07. The molecular weight excluding hydrogens is 210 g/mol. The van der Waals surface area contributed by atoms with Crippen molar-refractivity contribution >= 4 is 17.2 Å². The van der Waals surface area contributed by atoms with Gasteiger partial charge in [-0.25, -0.2) is 4.98 Å². The molecule has 0 saturated carbocycles. The summed E-state index contributed by atoms with van der Waals surface area (Å²) in [6.45, 7) is 2.67.